The number of aromatic carboxylic acids is 1. The van der Waals surface area contributed by atoms with Gasteiger partial charge in [0, 0.05) is 39.6 Å². The smallest absolute Gasteiger partial charge is 0.335 e. The molecule has 1 unspecified atom stereocenters. The highest BCUT2D eigenvalue weighted by Gasteiger charge is 2.39. The van der Waals surface area contributed by atoms with Crippen molar-refractivity contribution in [3.63, 3.8) is 0 Å². The molecule has 0 radical (unpaired) electrons. The summed E-state index contributed by atoms with van der Waals surface area (Å²) < 4.78 is 44.5. The first-order valence-electron chi connectivity index (χ1n) is 14.5. The number of amidine groups is 1. The zero-order valence-electron chi connectivity index (χ0n) is 25.0. The molecule has 7 nitrogen and oxygen atoms in total. The van der Waals surface area contributed by atoms with Crippen molar-refractivity contribution in [1.82, 2.24) is 4.98 Å². The van der Waals surface area contributed by atoms with E-state index in [1.54, 1.807) is 34.9 Å². The van der Waals surface area contributed by atoms with Crippen LogP contribution in [0.25, 0.3) is 11.3 Å². The molecule has 0 aliphatic carbocycles. The van der Waals surface area contributed by atoms with Crippen molar-refractivity contribution in [1.29, 1.82) is 0 Å². The normalized spacial score (nSPS) is 17.8. The van der Waals surface area contributed by atoms with Crippen LogP contribution in [0.4, 0.5) is 20.2 Å². The van der Waals surface area contributed by atoms with Gasteiger partial charge >= 0.3 is 11.8 Å². The maximum Gasteiger partial charge on any atom is 0.335 e. The first-order chi connectivity index (χ1) is 21.5. The predicted molar refractivity (Wildman–Crippen MR) is 168 cm³/mol. The van der Waals surface area contributed by atoms with Crippen LogP contribution < -0.4 is 4.74 Å². The summed E-state index contributed by atoms with van der Waals surface area (Å²) in [6.07, 6.45) is 1.92. The van der Waals surface area contributed by atoms with Crippen molar-refractivity contribution in [2.45, 2.75) is 33.8 Å². The monoisotopic (exact) mass is 630 g/mol. The van der Waals surface area contributed by atoms with Gasteiger partial charge in [-0.05, 0) is 59.4 Å². The lowest BCUT2D eigenvalue weighted by Crippen LogP contribution is -2.28. The summed E-state index contributed by atoms with van der Waals surface area (Å²) in [5, 5.41) is 10.2. The minimum absolute atomic E-state index is 0.00361. The Morgan fingerprint density at radius 2 is 1.96 bits per heavy atom. The molecule has 6 rings (SSSR count). The number of fused-ring (bicyclic) bond motifs is 1. The Hall–Kier alpha value is -4.47. The van der Waals surface area contributed by atoms with Gasteiger partial charge in [-0.3, -0.25) is 0 Å². The SMILES string of the molecule is Cc1ccc(COc2cccc(-c3cc(F)c(CC4=Nc5ccc(C(=O)O)cc5[N+]4=CC4COCC4(C)C)cc3F)n2)cc1Cl. The van der Waals surface area contributed by atoms with E-state index in [2.05, 4.69) is 23.8 Å². The topological polar surface area (TPSA) is 84.0 Å². The molecular formula is C35H31ClF2N3O4+. The van der Waals surface area contributed by atoms with Crippen LogP contribution in [0.2, 0.25) is 5.02 Å². The molecule has 1 aromatic heterocycles. The zero-order chi connectivity index (χ0) is 31.9. The number of aliphatic imine (C=N–C) groups is 1. The molecular weight excluding hydrogens is 600 g/mol. The highest BCUT2D eigenvalue weighted by molar-refractivity contribution is 6.31. The molecule has 4 aromatic rings. The molecule has 3 heterocycles. The van der Waals surface area contributed by atoms with Crippen LogP contribution in [-0.2, 0) is 17.8 Å². The minimum Gasteiger partial charge on any atom is -0.478 e. The van der Waals surface area contributed by atoms with Crippen LogP contribution in [-0.4, -0.2) is 45.9 Å². The Balaban J connectivity index is 1.27. The van der Waals surface area contributed by atoms with Crippen LogP contribution in [0, 0.1) is 29.9 Å². The summed E-state index contributed by atoms with van der Waals surface area (Å²) in [5.74, 6) is -1.63. The molecule has 0 saturated carbocycles. The molecule has 2 aliphatic heterocycles. The highest BCUT2D eigenvalue weighted by atomic mass is 35.5. The number of hydrogen-bond donors (Lipinski definition) is 1. The fourth-order valence-electron chi connectivity index (χ4n) is 5.39. The highest BCUT2D eigenvalue weighted by Crippen LogP contribution is 2.38. The molecule has 1 saturated heterocycles. The van der Waals surface area contributed by atoms with E-state index >= 15 is 8.78 Å². The van der Waals surface area contributed by atoms with Gasteiger partial charge in [-0.15, -0.1) is 0 Å². The Kier molecular flexibility index (Phi) is 8.24. The number of halogens is 3. The van der Waals surface area contributed by atoms with Crippen LogP contribution in [0.1, 0.15) is 40.9 Å². The van der Waals surface area contributed by atoms with Crippen molar-refractivity contribution in [3.05, 3.63) is 106 Å². The number of hydrogen-bond acceptors (Lipinski definition) is 5. The van der Waals surface area contributed by atoms with Gasteiger partial charge in [0.05, 0.1) is 37.1 Å². The summed E-state index contributed by atoms with van der Waals surface area (Å²) in [5.41, 5.74) is 3.18. The maximum atomic E-state index is 15.6. The number of carbonyl (C=O) groups is 1. The molecule has 10 heteroatoms. The second-order valence-corrected chi connectivity index (χ2v) is 12.4. The Labute approximate surface area is 264 Å². The largest absolute Gasteiger partial charge is 0.478 e. The molecule has 2 aliphatic rings. The molecule has 1 N–H and O–H groups in total. The van der Waals surface area contributed by atoms with Crippen LogP contribution in [0.5, 0.6) is 5.88 Å². The first-order valence-corrected chi connectivity index (χ1v) is 14.9. The fraction of sp³-hybridized carbons (Fsp3) is 0.257. The summed E-state index contributed by atoms with van der Waals surface area (Å²) in [7, 11) is 0. The molecule has 0 amide bonds. The minimum atomic E-state index is -1.07. The Bertz CT molecular complexity index is 1890. The van der Waals surface area contributed by atoms with Crippen molar-refractivity contribution in [3.8, 4) is 17.1 Å². The number of ether oxygens (including phenoxy) is 2. The van der Waals surface area contributed by atoms with Crippen LogP contribution in [0.15, 0.2) is 71.7 Å². The van der Waals surface area contributed by atoms with E-state index in [1.165, 1.54) is 6.07 Å². The van der Waals surface area contributed by atoms with Crippen LogP contribution in [0.3, 0.4) is 0 Å². The predicted octanol–water partition coefficient (Wildman–Crippen LogP) is 7.94. The lowest BCUT2D eigenvalue weighted by Gasteiger charge is -2.20. The van der Waals surface area contributed by atoms with Gasteiger partial charge in [-0.2, -0.15) is 4.58 Å². The number of rotatable bonds is 8. The van der Waals surface area contributed by atoms with Gasteiger partial charge in [0.2, 0.25) is 11.6 Å². The number of carboxylic acid groups (broad SMARTS) is 1. The number of carboxylic acids is 1. The second kappa shape index (κ2) is 12.1. The van der Waals surface area contributed by atoms with Gasteiger partial charge in [0.15, 0.2) is 5.69 Å². The standard InChI is InChI=1S/C35H30ClF2N3O4/c1-20-7-8-21(11-26(20)36)17-45-33-6-4-5-29(40-33)25-15-27(37)23(12-28(25)38)14-32-39-30-10-9-22(34(42)43)13-31(30)41(32)16-24-18-44-19-35(24,2)3/h4-13,15-16,24H,14,17-19H2,1-3H3/p+1. The maximum absolute atomic E-state index is 15.6. The number of aryl methyl sites for hydroxylation is 1. The van der Waals surface area contributed by atoms with Gasteiger partial charge in [0.1, 0.15) is 18.2 Å². The quantitative estimate of drug-likeness (QED) is 0.200. The number of aromatic nitrogens is 1. The van der Waals surface area contributed by atoms with E-state index in [9.17, 15) is 9.90 Å². The molecule has 1 atom stereocenters. The van der Waals surface area contributed by atoms with Crippen molar-refractivity contribution in [2.24, 2.45) is 16.3 Å². The lowest BCUT2D eigenvalue weighted by atomic mass is 9.83. The van der Waals surface area contributed by atoms with Crippen molar-refractivity contribution >= 4 is 41.0 Å². The third-order valence-corrected chi connectivity index (χ3v) is 8.63. The van der Waals surface area contributed by atoms with E-state index in [0.717, 1.165) is 23.3 Å². The van der Waals surface area contributed by atoms with Crippen LogP contribution >= 0.6 is 11.6 Å². The van der Waals surface area contributed by atoms with E-state index < -0.39 is 17.6 Å². The molecule has 0 bridgehead atoms. The average Bonchev–Trinajstić information content (AvgIpc) is 3.53. The summed E-state index contributed by atoms with van der Waals surface area (Å²) >= 11 is 6.21. The van der Waals surface area contributed by atoms with Gasteiger partial charge < -0.3 is 14.6 Å². The van der Waals surface area contributed by atoms with E-state index in [4.69, 9.17) is 21.1 Å². The zero-order valence-corrected chi connectivity index (χ0v) is 25.7. The molecule has 3 aromatic carbocycles. The second-order valence-electron chi connectivity index (χ2n) is 12.0. The van der Waals surface area contributed by atoms with Gasteiger partial charge in [-0.1, -0.05) is 43.6 Å². The average molecular weight is 631 g/mol. The molecule has 1 fully saturated rings. The fourth-order valence-corrected chi connectivity index (χ4v) is 5.60. The van der Waals surface area contributed by atoms with E-state index in [-0.39, 0.29) is 52.6 Å². The molecule has 230 valence electrons. The number of benzene rings is 3. The lowest BCUT2D eigenvalue weighted by molar-refractivity contribution is -0.301. The third-order valence-electron chi connectivity index (χ3n) is 8.22. The Morgan fingerprint density at radius 3 is 2.69 bits per heavy atom. The molecule has 0 spiro atoms. The van der Waals surface area contributed by atoms with Crippen molar-refractivity contribution < 1.29 is 32.7 Å². The van der Waals surface area contributed by atoms with Gasteiger partial charge in [-0.25, -0.2) is 18.6 Å². The summed E-state index contributed by atoms with van der Waals surface area (Å²) in [6, 6.07) is 17.4. The molecule has 45 heavy (non-hydrogen) atoms. The van der Waals surface area contributed by atoms with Gasteiger partial charge in [0.25, 0.3) is 0 Å². The van der Waals surface area contributed by atoms with E-state index in [1.807, 2.05) is 31.3 Å². The van der Waals surface area contributed by atoms with E-state index in [0.29, 0.717) is 35.4 Å². The first kappa shape index (κ1) is 30.6. The summed E-state index contributed by atoms with van der Waals surface area (Å²) in [4.78, 5) is 20.8. The Morgan fingerprint density at radius 1 is 1.13 bits per heavy atom. The third kappa shape index (κ3) is 6.36. The number of pyridine rings is 1. The van der Waals surface area contributed by atoms with Crippen molar-refractivity contribution in [2.75, 3.05) is 13.2 Å². The number of nitrogens with zero attached hydrogens (tertiary/aromatic N) is 3. The summed E-state index contributed by atoms with van der Waals surface area (Å²) in [6.45, 7) is 7.35.